The van der Waals surface area contributed by atoms with Crippen LogP contribution in [0.5, 0.6) is 11.5 Å². The lowest BCUT2D eigenvalue weighted by molar-refractivity contribution is 0.0529. The van der Waals surface area contributed by atoms with Gasteiger partial charge in [-0.25, -0.2) is 0 Å². The molecule has 0 aromatic heterocycles. The molecule has 0 N–H and O–H groups in total. The smallest absolute Gasteiger partial charge is 0.188 e. The molecular formula is C28H31O4P. The monoisotopic (exact) mass is 462 g/mol. The Balaban J connectivity index is 2.00. The Bertz CT molecular complexity index is 1150. The van der Waals surface area contributed by atoms with Gasteiger partial charge in [-0.05, 0) is 36.0 Å². The van der Waals surface area contributed by atoms with Crippen LogP contribution in [-0.2, 0) is 9.47 Å². The lowest BCUT2D eigenvalue weighted by Crippen LogP contribution is -2.29. The van der Waals surface area contributed by atoms with Crippen LogP contribution in [0.25, 0.3) is 21.5 Å². The quantitative estimate of drug-likeness (QED) is 0.231. The molecule has 0 fully saturated rings. The summed E-state index contributed by atoms with van der Waals surface area (Å²) >= 11 is 0. The molecule has 0 amide bonds. The fourth-order valence-electron chi connectivity index (χ4n) is 4.21. The third kappa shape index (κ3) is 4.84. The number of rotatable bonds is 8. The Morgan fingerprint density at radius 3 is 1.42 bits per heavy atom. The van der Waals surface area contributed by atoms with Crippen molar-refractivity contribution in [2.45, 2.75) is 25.9 Å². The van der Waals surface area contributed by atoms with Crippen molar-refractivity contribution in [3.05, 3.63) is 72.8 Å². The highest BCUT2D eigenvalue weighted by atomic mass is 31.1. The van der Waals surface area contributed by atoms with E-state index in [1.165, 1.54) is 10.6 Å². The zero-order valence-corrected chi connectivity index (χ0v) is 20.8. The normalized spacial score (nSPS) is 11.9. The van der Waals surface area contributed by atoms with E-state index in [9.17, 15) is 0 Å². The molecule has 0 radical (unpaired) electrons. The maximum atomic E-state index is 6.23. The Morgan fingerprint density at radius 1 is 0.606 bits per heavy atom. The Morgan fingerprint density at radius 2 is 1.03 bits per heavy atom. The molecule has 0 spiro atoms. The van der Waals surface area contributed by atoms with Crippen LogP contribution in [0, 0.1) is 0 Å². The van der Waals surface area contributed by atoms with Gasteiger partial charge in [-0.1, -0.05) is 81.4 Å². The number of benzene rings is 4. The molecule has 33 heavy (non-hydrogen) atoms. The molecule has 0 aliphatic rings. The van der Waals surface area contributed by atoms with Gasteiger partial charge < -0.3 is 18.9 Å². The van der Waals surface area contributed by atoms with Gasteiger partial charge in [-0.15, -0.1) is 0 Å². The molecule has 5 heteroatoms. The van der Waals surface area contributed by atoms with Crippen LogP contribution in [-0.4, -0.2) is 33.0 Å². The van der Waals surface area contributed by atoms with Gasteiger partial charge in [0.1, 0.15) is 11.5 Å². The maximum Gasteiger partial charge on any atom is 0.188 e. The summed E-state index contributed by atoms with van der Waals surface area (Å²) in [4.78, 5) is 0. The van der Waals surface area contributed by atoms with Crippen LogP contribution < -0.4 is 20.1 Å². The first kappa shape index (κ1) is 23.5. The van der Waals surface area contributed by atoms with Gasteiger partial charge in [0.15, 0.2) is 13.6 Å². The average molecular weight is 463 g/mol. The van der Waals surface area contributed by atoms with Gasteiger partial charge in [0, 0.05) is 35.6 Å². The van der Waals surface area contributed by atoms with Crippen molar-refractivity contribution in [2.24, 2.45) is 0 Å². The number of fused-ring (bicyclic) bond motifs is 2. The summed E-state index contributed by atoms with van der Waals surface area (Å²) in [5.74, 6) is 1.75. The van der Waals surface area contributed by atoms with Crippen LogP contribution in [0.4, 0.5) is 0 Å². The van der Waals surface area contributed by atoms with Crippen molar-refractivity contribution in [3.63, 3.8) is 0 Å². The van der Waals surface area contributed by atoms with Crippen molar-refractivity contribution < 1.29 is 18.9 Å². The number of methoxy groups -OCH3 is 2. The molecule has 0 aliphatic heterocycles. The summed E-state index contributed by atoms with van der Waals surface area (Å²) in [7, 11) is 2.43. The second kappa shape index (κ2) is 10.1. The fraction of sp³-hybridized carbons (Fsp3) is 0.286. The summed E-state index contributed by atoms with van der Waals surface area (Å²) in [6.45, 7) is 7.23. The Labute approximate surface area is 197 Å². The minimum Gasteiger partial charge on any atom is -0.466 e. The number of hydrogen-bond donors (Lipinski definition) is 0. The third-order valence-corrected chi connectivity index (χ3v) is 8.52. The first-order valence-electron chi connectivity index (χ1n) is 11.0. The molecule has 4 rings (SSSR count). The minimum absolute atomic E-state index is 0.0589. The van der Waals surface area contributed by atoms with Crippen molar-refractivity contribution in [1.29, 1.82) is 0 Å². The predicted molar refractivity (Wildman–Crippen MR) is 139 cm³/mol. The van der Waals surface area contributed by atoms with Crippen LogP contribution >= 0.6 is 7.92 Å². The van der Waals surface area contributed by atoms with Gasteiger partial charge >= 0.3 is 0 Å². The van der Waals surface area contributed by atoms with E-state index in [0.717, 1.165) is 33.0 Å². The highest BCUT2D eigenvalue weighted by Crippen LogP contribution is 2.53. The molecule has 4 aromatic carbocycles. The van der Waals surface area contributed by atoms with E-state index in [1.807, 2.05) is 12.1 Å². The highest BCUT2D eigenvalue weighted by molar-refractivity contribution is 7.74. The third-order valence-electron chi connectivity index (χ3n) is 5.51. The fourth-order valence-corrected chi connectivity index (χ4v) is 7.14. The molecule has 0 saturated heterocycles. The summed E-state index contributed by atoms with van der Waals surface area (Å²) in [5, 5.41) is 6.75. The summed E-state index contributed by atoms with van der Waals surface area (Å²) in [6, 6.07) is 25.4. The van der Waals surface area contributed by atoms with Crippen LogP contribution in [0.2, 0.25) is 0 Å². The zero-order valence-electron chi connectivity index (χ0n) is 19.9. The Hall–Kier alpha value is -2.65. The summed E-state index contributed by atoms with van der Waals surface area (Å²) in [6.07, 6.45) is 0. The van der Waals surface area contributed by atoms with Crippen LogP contribution in [0.15, 0.2) is 72.8 Å². The van der Waals surface area contributed by atoms with E-state index in [1.54, 1.807) is 14.2 Å². The van der Waals surface area contributed by atoms with Gasteiger partial charge in [-0.2, -0.15) is 0 Å². The maximum absolute atomic E-state index is 6.23. The van der Waals surface area contributed by atoms with Crippen LogP contribution in [0.3, 0.4) is 0 Å². The van der Waals surface area contributed by atoms with Crippen LogP contribution in [0.1, 0.15) is 20.8 Å². The summed E-state index contributed by atoms with van der Waals surface area (Å²) < 4.78 is 23.1. The molecular weight excluding hydrogens is 431 g/mol. The van der Waals surface area contributed by atoms with Gasteiger partial charge in [0.25, 0.3) is 0 Å². The topological polar surface area (TPSA) is 36.9 Å². The molecule has 0 saturated carbocycles. The van der Waals surface area contributed by atoms with Crippen molar-refractivity contribution >= 4 is 40.1 Å². The van der Waals surface area contributed by atoms with E-state index in [2.05, 4.69) is 81.4 Å². The average Bonchev–Trinajstić information content (AvgIpc) is 2.81. The SMILES string of the molecule is COCOc1c(P(c2ccc3ccccc3c2OCOC)C(C)(C)C)ccc2ccccc12. The zero-order chi connectivity index (χ0) is 23.4. The van der Waals surface area contributed by atoms with E-state index in [0.29, 0.717) is 0 Å². The number of ether oxygens (including phenoxy) is 4. The largest absolute Gasteiger partial charge is 0.466 e. The standard InChI is InChI=1S/C28H31O4P/c1-28(2,3)33(24-16-14-20-10-6-8-12-22(20)26(24)31-18-29-4)25-17-15-21-11-7-9-13-23(21)27(25)32-19-30-5/h6-17H,18-19H2,1-5H3. The molecule has 0 heterocycles. The first-order valence-corrected chi connectivity index (χ1v) is 12.4. The van der Waals surface area contributed by atoms with Gasteiger partial charge in [-0.3, -0.25) is 0 Å². The molecule has 0 unspecified atom stereocenters. The van der Waals surface area contributed by atoms with Gasteiger partial charge in [0.2, 0.25) is 0 Å². The highest BCUT2D eigenvalue weighted by Gasteiger charge is 2.33. The summed E-state index contributed by atoms with van der Waals surface area (Å²) in [5.41, 5.74) is 0. The Kier molecular flexibility index (Phi) is 7.19. The molecule has 4 aromatic rings. The number of hydrogen-bond acceptors (Lipinski definition) is 4. The lowest BCUT2D eigenvalue weighted by atomic mass is 10.1. The van der Waals surface area contributed by atoms with E-state index < -0.39 is 7.92 Å². The molecule has 4 nitrogen and oxygen atoms in total. The second-order valence-corrected chi connectivity index (χ2v) is 11.9. The predicted octanol–water partition coefficient (Wildman–Crippen LogP) is 6.19. The van der Waals surface area contributed by atoms with Gasteiger partial charge in [0.05, 0.1) is 0 Å². The van der Waals surface area contributed by atoms with Crippen molar-refractivity contribution in [3.8, 4) is 11.5 Å². The minimum atomic E-state index is -0.874. The van der Waals surface area contributed by atoms with Crippen molar-refractivity contribution in [1.82, 2.24) is 0 Å². The first-order chi connectivity index (χ1) is 16.0. The van der Waals surface area contributed by atoms with E-state index >= 15 is 0 Å². The second-order valence-electron chi connectivity index (χ2n) is 8.88. The lowest BCUT2D eigenvalue weighted by Gasteiger charge is -2.35. The molecule has 0 aliphatic carbocycles. The van der Waals surface area contributed by atoms with E-state index in [-0.39, 0.29) is 18.7 Å². The molecule has 0 atom stereocenters. The van der Waals surface area contributed by atoms with Crippen molar-refractivity contribution in [2.75, 3.05) is 27.8 Å². The molecule has 172 valence electrons. The van der Waals surface area contributed by atoms with E-state index in [4.69, 9.17) is 18.9 Å². The molecule has 0 bridgehead atoms.